The van der Waals surface area contributed by atoms with E-state index in [0.717, 1.165) is 33.4 Å². The average molecular weight is 394 g/mol. The Balaban J connectivity index is 1.83. The number of benzene rings is 4. The maximum absolute atomic E-state index is 10.9. The SMILES string of the molecule is O=C(O)Oc1ccc(C2(c3ccc(O)cc3)c3ccccc3-c3ccccc32)cc1. The molecular formula is C26H18O4. The molecule has 0 fully saturated rings. The van der Waals surface area contributed by atoms with Gasteiger partial charge in [-0.1, -0.05) is 72.8 Å². The van der Waals surface area contributed by atoms with Gasteiger partial charge in [-0.15, -0.1) is 0 Å². The summed E-state index contributed by atoms with van der Waals surface area (Å²) < 4.78 is 4.81. The molecule has 4 heteroatoms. The van der Waals surface area contributed by atoms with E-state index in [1.807, 2.05) is 48.5 Å². The molecule has 4 aromatic rings. The second kappa shape index (κ2) is 6.78. The number of hydrogen-bond acceptors (Lipinski definition) is 3. The summed E-state index contributed by atoms with van der Waals surface area (Å²) in [6.45, 7) is 0. The fraction of sp³-hybridized carbons (Fsp3) is 0.0385. The molecule has 4 aromatic carbocycles. The minimum Gasteiger partial charge on any atom is -0.508 e. The number of phenolic OH excluding ortho intramolecular Hbond substituents is 1. The van der Waals surface area contributed by atoms with E-state index in [2.05, 4.69) is 24.3 Å². The molecule has 2 N–H and O–H groups in total. The monoisotopic (exact) mass is 394 g/mol. The first-order valence-corrected chi connectivity index (χ1v) is 9.61. The molecule has 30 heavy (non-hydrogen) atoms. The van der Waals surface area contributed by atoms with Crippen molar-refractivity contribution in [2.24, 2.45) is 0 Å². The summed E-state index contributed by atoms with van der Waals surface area (Å²) in [4.78, 5) is 10.9. The van der Waals surface area contributed by atoms with Crippen molar-refractivity contribution in [1.82, 2.24) is 0 Å². The molecule has 4 nitrogen and oxygen atoms in total. The van der Waals surface area contributed by atoms with Gasteiger partial charge in [0.2, 0.25) is 0 Å². The van der Waals surface area contributed by atoms with Crippen molar-refractivity contribution < 1.29 is 19.7 Å². The lowest BCUT2D eigenvalue weighted by Crippen LogP contribution is -2.28. The minimum absolute atomic E-state index is 0.207. The molecule has 0 saturated carbocycles. The Kier molecular flexibility index (Phi) is 4.07. The lowest BCUT2D eigenvalue weighted by Gasteiger charge is -2.33. The molecule has 0 aromatic heterocycles. The number of rotatable bonds is 3. The first-order valence-electron chi connectivity index (χ1n) is 9.61. The van der Waals surface area contributed by atoms with Crippen LogP contribution in [0.2, 0.25) is 0 Å². The molecule has 1 aliphatic carbocycles. The van der Waals surface area contributed by atoms with Crippen molar-refractivity contribution in [3.63, 3.8) is 0 Å². The quantitative estimate of drug-likeness (QED) is 0.299. The van der Waals surface area contributed by atoms with E-state index < -0.39 is 11.6 Å². The largest absolute Gasteiger partial charge is 0.511 e. The Hall–Kier alpha value is -4.05. The van der Waals surface area contributed by atoms with E-state index >= 15 is 0 Å². The molecule has 0 atom stereocenters. The summed E-state index contributed by atoms with van der Waals surface area (Å²) in [7, 11) is 0. The predicted molar refractivity (Wildman–Crippen MR) is 114 cm³/mol. The van der Waals surface area contributed by atoms with Crippen LogP contribution in [0.5, 0.6) is 11.5 Å². The van der Waals surface area contributed by atoms with Crippen LogP contribution in [-0.2, 0) is 5.41 Å². The van der Waals surface area contributed by atoms with Crippen LogP contribution in [-0.4, -0.2) is 16.4 Å². The van der Waals surface area contributed by atoms with Crippen molar-refractivity contribution in [2.75, 3.05) is 0 Å². The van der Waals surface area contributed by atoms with Crippen LogP contribution >= 0.6 is 0 Å². The van der Waals surface area contributed by atoms with Gasteiger partial charge in [-0.3, -0.25) is 0 Å². The smallest absolute Gasteiger partial charge is 0.508 e. The fourth-order valence-corrected chi connectivity index (χ4v) is 4.61. The van der Waals surface area contributed by atoms with Crippen molar-refractivity contribution in [3.8, 4) is 22.6 Å². The standard InChI is InChI=1S/C26H18O4/c27-19-13-9-17(10-14-19)26(18-11-15-20(16-12-18)30-25(28)29)23-7-3-1-5-21(23)22-6-2-4-8-24(22)26/h1-16,27H,(H,28,29). The molecule has 0 spiro atoms. The van der Waals surface area contributed by atoms with Crippen LogP contribution in [0.25, 0.3) is 11.1 Å². The maximum atomic E-state index is 10.9. The Morgan fingerprint density at radius 2 is 1.13 bits per heavy atom. The van der Waals surface area contributed by atoms with Gasteiger partial charge >= 0.3 is 6.16 Å². The Bertz CT molecular complexity index is 1200. The van der Waals surface area contributed by atoms with Crippen molar-refractivity contribution in [2.45, 2.75) is 5.41 Å². The molecule has 1 aliphatic rings. The third-order valence-corrected chi connectivity index (χ3v) is 5.75. The van der Waals surface area contributed by atoms with Crippen molar-refractivity contribution in [1.29, 1.82) is 0 Å². The molecule has 0 saturated heterocycles. The average Bonchev–Trinajstić information content (AvgIpc) is 3.06. The van der Waals surface area contributed by atoms with Gasteiger partial charge in [-0.25, -0.2) is 4.79 Å². The molecule has 5 rings (SSSR count). The summed E-state index contributed by atoms with van der Waals surface area (Å²) >= 11 is 0. The predicted octanol–water partition coefficient (Wildman–Crippen LogP) is 5.81. The number of phenols is 1. The van der Waals surface area contributed by atoms with Gasteiger partial charge in [-0.05, 0) is 57.6 Å². The van der Waals surface area contributed by atoms with E-state index in [0.29, 0.717) is 0 Å². The zero-order valence-corrected chi connectivity index (χ0v) is 15.9. The van der Waals surface area contributed by atoms with Crippen molar-refractivity contribution >= 4 is 6.16 Å². The van der Waals surface area contributed by atoms with Gasteiger partial charge < -0.3 is 14.9 Å². The highest BCUT2D eigenvalue weighted by atomic mass is 16.7. The van der Waals surface area contributed by atoms with E-state index in [9.17, 15) is 9.90 Å². The summed E-state index contributed by atoms with van der Waals surface area (Å²) in [5, 5.41) is 18.8. The maximum Gasteiger partial charge on any atom is 0.511 e. The van der Waals surface area contributed by atoms with Crippen molar-refractivity contribution in [3.05, 3.63) is 119 Å². The first kappa shape index (κ1) is 18.0. The minimum atomic E-state index is -1.34. The van der Waals surface area contributed by atoms with Crippen LogP contribution in [0.15, 0.2) is 97.1 Å². The fourth-order valence-electron chi connectivity index (χ4n) is 4.61. The molecule has 0 bridgehead atoms. The zero-order valence-electron chi connectivity index (χ0n) is 15.9. The molecule has 0 aliphatic heterocycles. The Morgan fingerprint density at radius 1 is 0.667 bits per heavy atom. The number of aromatic hydroxyl groups is 1. The lowest BCUT2D eigenvalue weighted by molar-refractivity contribution is 0.144. The Labute approximate surface area is 173 Å². The van der Waals surface area contributed by atoms with Gasteiger partial charge in [0.1, 0.15) is 11.5 Å². The van der Waals surface area contributed by atoms with Gasteiger partial charge in [0, 0.05) is 0 Å². The second-order valence-electron chi connectivity index (χ2n) is 7.28. The highest BCUT2D eigenvalue weighted by Crippen LogP contribution is 2.56. The third kappa shape index (κ3) is 2.58. The lowest BCUT2D eigenvalue weighted by atomic mass is 9.68. The van der Waals surface area contributed by atoms with Gasteiger partial charge in [0.05, 0.1) is 5.41 Å². The summed E-state index contributed by atoms with van der Waals surface area (Å²) in [6, 6.07) is 31.1. The molecule has 146 valence electrons. The third-order valence-electron chi connectivity index (χ3n) is 5.75. The molecule has 0 heterocycles. The van der Waals surface area contributed by atoms with Crippen LogP contribution in [0.1, 0.15) is 22.3 Å². The van der Waals surface area contributed by atoms with Gasteiger partial charge in [-0.2, -0.15) is 0 Å². The highest BCUT2D eigenvalue weighted by Gasteiger charge is 2.45. The van der Waals surface area contributed by atoms with E-state index in [-0.39, 0.29) is 11.5 Å². The van der Waals surface area contributed by atoms with E-state index in [1.54, 1.807) is 24.3 Å². The van der Waals surface area contributed by atoms with E-state index in [1.165, 1.54) is 0 Å². The summed E-state index contributed by atoms with van der Waals surface area (Å²) in [5.41, 5.74) is 6.02. The van der Waals surface area contributed by atoms with Crippen LogP contribution < -0.4 is 4.74 Å². The highest BCUT2D eigenvalue weighted by molar-refractivity contribution is 5.86. The number of ether oxygens (including phenoxy) is 1. The molecule has 0 amide bonds. The van der Waals surface area contributed by atoms with Gasteiger partial charge in [0.15, 0.2) is 0 Å². The molecule has 0 unspecified atom stereocenters. The number of fused-ring (bicyclic) bond motifs is 3. The Morgan fingerprint density at radius 3 is 1.63 bits per heavy atom. The number of carbonyl (C=O) groups is 1. The molecular weight excluding hydrogens is 376 g/mol. The molecule has 0 radical (unpaired) electrons. The van der Waals surface area contributed by atoms with Crippen LogP contribution in [0, 0.1) is 0 Å². The second-order valence-corrected chi connectivity index (χ2v) is 7.28. The van der Waals surface area contributed by atoms with Gasteiger partial charge in [0.25, 0.3) is 0 Å². The summed E-state index contributed by atoms with van der Waals surface area (Å²) in [6.07, 6.45) is -1.34. The number of hydrogen-bond donors (Lipinski definition) is 2. The normalized spacial score (nSPS) is 13.3. The van der Waals surface area contributed by atoms with Crippen LogP contribution in [0.4, 0.5) is 4.79 Å². The topological polar surface area (TPSA) is 66.8 Å². The first-order chi connectivity index (χ1) is 14.6. The van der Waals surface area contributed by atoms with Crippen LogP contribution in [0.3, 0.4) is 0 Å². The van der Waals surface area contributed by atoms with E-state index in [4.69, 9.17) is 9.84 Å². The summed E-state index contributed by atoms with van der Waals surface area (Å²) in [5.74, 6) is 0.477. The zero-order chi connectivity index (χ0) is 20.7. The number of carboxylic acid groups (broad SMARTS) is 1.